The number of nitriles is 1. The number of fused-ring (bicyclic) bond motifs is 1. The molecule has 11 heteroatoms. The number of sulfonamides is 1. The molecule has 4 heterocycles. The Kier molecular flexibility index (Phi) is 5.40. The van der Waals surface area contributed by atoms with Crippen molar-refractivity contribution in [3.05, 3.63) is 71.3 Å². The van der Waals surface area contributed by atoms with Crippen molar-refractivity contribution in [1.29, 1.82) is 5.26 Å². The maximum Gasteiger partial charge on any atom is 0.257 e. The van der Waals surface area contributed by atoms with Crippen molar-refractivity contribution in [1.82, 2.24) is 24.0 Å². The maximum atomic E-state index is 13.4. The smallest absolute Gasteiger partial charge is 0.257 e. The number of rotatable bonds is 4. The number of nitrogens with zero attached hydrogens (tertiary/aromatic N) is 6. The van der Waals surface area contributed by atoms with Crippen LogP contribution in [0.2, 0.25) is 5.02 Å². The Bertz CT molecular complexity index is 1370. The van der Waals surface area contributed by atoms with Gasteiger partial charge in [-0.15, -0.1) is 0 Å². The van der Waals surface area contributed by atoms with E-state index in [9.17, 15) is 13.2 Å². The maximum absolute atomic E-state index is 13.4. The number of likely N-dealkylation sites (tertiary alicyclic amines) is 1. The molecule has 0 bridgehead atoms. The second kappa shape index (κ2) is 8.26. The van der Waals surface area contributed by atoms with Crippen molar-refractivity contribution >= 4 is 27.5 Å². The van der Waals surface area contributed by atoms with Gasteiger partial charge in [0.25, 0.3) is 5.91 Å². The van der Waals surface area contributed by atoms with E-state index in [-0.39, 0.29) is 40.0 Å². The molecule has 2 aromatic heterocycles. The van der Waals surface area contributed by atoms with Crippen LogP contribution in [0.5, 0.6) is 0 Å². The van der Waals surface area contributed by atoms with E-state index >= 15 is 0 Å². The molecule has 5 rings (SSSR count). The van der Waals surface area contributed by atoms with Gasteiger partial charge in [0.2, 0.25) is 10.0 Å². The molecule has 0 N–H and O–H groups in total. The average Bonchev–Trinajstić information content (AvgIpc) is 3.56. The van der Waals surface area contributed by atoms with Crippen LogP contribution < -0.4 is 0 Å². The second-order valence-corrected chi connectivity index (χ2v) is 10.2. The Morgan fingerprint density at radius 1 is 1.15 bits per heavy atom. The van der Waals surface area contributed by atoms with E-state index < -0.39 is 10.0 Å². The van der Waals surface area contributed by atoms with Gasteiger partial charge in [-0.05, 0) is 43.2 Å². The van der Waals surface area contributed by atoms with E-state index in [4.69, 9.17) is 16.9 Å². The Hall–Kier alpha value is -3.26. The van der Waals surface area contributed by atoms with E-state index in [0.29, 0.717) is 24.9 Å². The summed E-state index contributed by atoms with van der Waals surface area (Å²) in [4.78, 5) is 19.0. The summed E-state index contributed by atoms with van der Waals surface area (Å²) in [7, 11) is -3.91. The summed E-state index contributed by atoms with van der Waals surface area (Å²) in [6, 6.07) is 9.21. The number of carbonyl (C=O) groups excluding carboxylic acids is 1. The highest BCUT2D eigenvalue weighted by atomic mass is 35.5. The lowest BCUT2D eigenvalue weighted by Crippen LogP contribution is -2.41. The fourth-order valence-corrected chi connectivity index (χ4v) is 6.83. The minimum atomic E-state index is -3.91. The minimum Gasteiger partial charge on any atom is -0.334 e. The van der Waals surface area contributed by atoms with Gasteiger partial charge in [-0.1, -0.05) is 11.6 Å². The monoisotopic (exact) mass is 482 g/mol. The molecule has 2 aliphatic rings. The SMILES string of the molecule is N#Cc1ccc(Cl)c(S(=O)(=O)N2CC[C@@H]3[C@H]2CCN3C(=O)c2cnn(-c3cccnc3)c2)c1. The first-order chi connectivity index (χ1) is 15.9. The van der Waals surface area contributed by atoms with Gasteiger partial charge in [0.05, 0.1) is 40.3 Å². The van der Waals surface area contributed by atoms with Crippen LogP contribution in [0.3, 0.4) is 0 Å². The Morgan fingerprint density at radius 2 is 1.97 bits per heavy atom. The number of amides is 1. The molecule has 0 spiro atoms. The van der Waals surface area contributed by atoms with Crippen molar-refractivity contribution in [3.63, 3.8) is 0 Å². The molecule has 0 unspecified atom stereocenters. The molecule has 0 aliphatic carbocycles. The number of pyridine rings is 1. The predicted octanol–water partition coefficient (Wildman–Crippen LogP) is 2.47. The average molecular weight is 483 g/mol. The predicted molar refractivity (Wildman–Crippen MR) is 119 cm³/mol. The molecule has 2 saturated heterocycles. The molecule has 1 aromatic carbocycles. The van der Waals surface area contributed by atoms with Gasteiger partial charge in [0.15, 0.2) is 0 Å². The summed E-state index contributed by atoms with van der Waals surface area (Å²) in [5.74, 6) is -0.179. The summed E-state index contributed by atoms with van der Waals surface area (Å²) < 4.78 is 29.8. The van der Waals surface area contributed by atoms with E-state index in [1.807, 2.05) is 12.1 Å². The van der Waals surface area contributed by atoms with Gasteiger partial charge in [-0.25, -0.2) is 13.1 Å². The van der Waals surface area contributed by atoms with Gasteiger partial charge >= 0.3 is 0 Å². The summed E-state index contributed by atoms with van der Waals surface area (Å²) in [6.45, 7) is 0.730. The van der Waals surface area contributed by atoms with E-state index in [1.165, 1.54) is 28.7 Å². The number of hydrogen-bond donors (Lipinski definition) is 0. The van der Waals surface area contributed by atoms with Crippen LogP contribution in [-0.4, -0.2) is 63.5 Å². The van der Waals surface area contributed by atoms with Gasteiger partial charge < -0.3 is 4.90 Å². The quantitative estimate of drug-likeness (QED) is 0.564. The van der Waals surface area contributed by atoms with E-state index in [1.54, 1.807) is 34.2 Å². The minimum absolute atomic E-state index is 0.0752. The van der Waals surface area contributed by atoms with Crippen LogP contribution >= 0.6 is 11.6 Å². The molecule has 2 aliphatic heterocycles. The first-order valence-electron chi connectivity index (χ1n) is 10.4. The van der Waals surface area contributed by atoms with Crippen molar-refractivity contribution in [2.75, 3.05) is 13.1 Å². The topological polar surface area (TPSA) is 112 Å². The highest BCUT2D eigenvalue weighted by Gasteiger charge is 2.49. The molecule has 3 aromatic rings. The number of benzene rings is 1. The lowest BCUT2D eigenvalue weighted by Gasteiger charge is -2.25. The van der Waals surface area contributed by atoms with Gasteiger partial charge in [-0.3, -0.25) is 9.78 Å². The molecular weight excluding hydrogens is 464 g/mol. The van der Waals surface area contributed by atoms with Crippen LogP contribution in [0.25, 0.3) is 5.69 Å². The third-order valence-corrected chi connectivity index (χ3v) is 8.58. The largest absolute Gasteiger partial charge is 0.334 e. The lowest BCUT2D eigenvalue weighted by atomic mass is 10.1. The van der Waals surface area contributed by atoms with Crippen LogP contribution in [0.4, 0.5) is 0 Å². The molecule has 2 atom stereocenters. The first-order valence-corrected chi connectivity index (χ1v) is 12.2. The van der Waals surface area contributed by atoms with Crippen molar-refractivity contribution in [2.45, 2.75) is 29.8 Å². The Balaban J connectivity index is 1.37. The third kappa shape index (κ3) is 3.68. The molecule has 0 saturated carbocycles. The van der Waals surface area contributed by atoms with E-state index in [0.717, 1.165) is 5.69 Å². The van der Waals surface area contributed by atoms with Crippen LogP contribution in [0.1, 0.15) is 28.8 Å². The number of aromatic nitrogens is 3. The number of hydrogen-bond acceptors (Lipinski definition) is 6. The highest BCUT2D eigenvalue weighted by molar-refractivity contribution is 7.89. The van der Waals surface area contributed by atoms with Crippen LogP contribution in [0, 0.1) is 11.3 Å². The summed E-state index contributed by atoms with van der Waals surface area (Å²) >= 11 is 6.18. The van der Waals surface area contributed by atoms with E-state index in [2.05, 4.69) is 10.1 Å². The Morgan fingerprint density at radius 3 is 2.73 bits per heavy atom. The summed E-state index contributed by atoms with van der Waals surface area (Å²) in [5, 5.41) is 13.5. The van der Waals surface area contributed by atoms with Gasteiger partial charge in [0.1, 0.15) is 4.90 Å². The fourth-order valence-electron chi connectivity index (χ4n) is 4.62. The molecule has 33 heavy (non-hydrogen) atoms. The molecule has 9 nitrogen and oxygen atoms in total. The zero-order chi connectivity index (χ0) is 23.2. The van der Waals surface area contributed by atoms with Crippen molar-refractivity contribution in [3.8, 4) is 11.8 Å². The van der Waals surface area contributed by atoms with Crippen LogP contribution in [0.15, 0.2) is 60.0 Å². The molecule has 168 valence electrons. The lowest BCUT2D eigenvalue weighted by molar-refractivity contribution is 0.0735. The summed E-state index contributed by atoms with van der Waals surface area (Å²) in [5.41, 5.74) is 1.40. The molecule has 1 amide bonds. The first kappa shape index (κ1) is 21.6. The number of halogens is 1. The van der Waals surface area contributed by atoms with Crippen molar-refractivity contribution in [2.24, 2.45) is 0 Å². The molecular formula is C22H19ClN6O3S. The Labute approximate surface area is 195 Å². The second-order valence-electron chi connectivity index (χ2n) is 7.97. The third-order valence-electron chi connectivity index (χ3n) is 6.17. The molecule has 2 fully saturated rings. The zero-order valence-electron chi connectivity index (χ0n) is 17.4. The summed E-state index contributed by atoms with van der Waals surface area (Å²) in [6.07, 6.45) is 7.54. The zero-order valence-corrected chi connectivity index (χ0v) is 18.9. The van der Waals surface area contributed by atoms with Crippen LogP contribution in [-0.2, 0) is 10.0 Å². The number of carbonyl (C=O) groups is 1. The molecule has 0 radical (unpaired) electrons. The normalized spacial score (nSPS) is 20.5. The van der Waals surface area contributed by atoms with Gasteiger partial charge in [-0.2, -0.15) is 14.7 Å². The fraction of sp³-hybridized carbons (Fsp3) is 0.273. The standard InChI is InChI=1S/C22H19ClN6O3S/c23-18-4-3-15(11-24)10-21(18)33(31,32)29-9-6-19-20(29)5-8-27(19)22(30)16-12-26-28(14-16)17-2-1-7-25-13-17/h1-4,7,10,12-14,19-20H,5-6,8-9H2/t19-,20-/m1/s1. The highest BCUT2D eigenvalue weighted by Crippen LogP contribution is 2.37. The van der Waals surface area contributed by atoms with Crippen molar-refractivity contribution < 1.29 is 13.2 Å². The van der Waals surface area contributed by atoms with Gasteiger partial charge in [0, 0.05) is 37.6 Å².